The third-order valence-electron chi connectivity index (χ3n) is 2.64. The van der Waals surface area contributed by atoms with Crippen molar-refractivity contribution >= 4 is 5.69 Å². The first-order valence-corrected chi connectivity index (χ1v) is 5.66. The molecule has 5 nitrogen and oxygen atoms in total. The zero-order valence-electron chi connectivity index (χ0n) is 10.0. The Morgan fingerprint density at radius 3 is 2.94 bits per heavy atom. The molecule has 5 heteroatoms. The molecule has 0 fully saturated rings. The van der Waals surface area contributed by atoms with Gasteiger partial charge in [0.15, 0.2) is 5.82 Å². The van der Waals surface area contributed by atoms with E-state index >= 15 is 0 Å². The average molecular weight is 232 g/mol. The van der Waals surface area contributed by atoms with Crippen LogP contribution in [0.1, 0.15) is 24.6 Å². The summed E-state index contributed by atoms with van der Waals surface area (Å²) in [5.41, 5.74) is 7.66. The summed E-state index contributed by atoms with van der Waals surface area (Å²) in [7, 11) is 0. The molecule has 0 saturated carbocycles. The van der Waals surface area contributed by atoms with Crippen LogP contribution in [0.5, 0.6) is 0 Å². The number of nitrogen functional groups attached to an aromatic ring is 1. The quantitative estimate of drug-likeness (QED) is 0.839. The van der Waals surface area contributed by atoms with Crippen LogP contribution in [-0.4, -0.2) is 14.8 Å². The molecule has 3 N–H and O–H groups in total. The van der Waals surface area contributed by atoms with Crippen LogP contribution in [0.4, 0.5) is 5.69 Å². The van der Waals surface area contributed by atoms with E-state index in [1.165, 1.54) is 4.68 Å². The van der Waals surface area contributed by atoms with Gasteiger partial charge in [-0.25, -0.2) is 4.98 Å². The first-order chi connectivity index (χ1) is 8.13. The van der Waals surface area contributed by atoms with E-state index in [2.05, 4.69) is 10.1 Å². The van der Waals surface area contributed by atoms with Crippen LogP contribution in [0, 0.1) is 6.92 Å². The van der Waals surface area contributed by atoms with Crippen molar-refractivity contribution in [1.29, 1.82) is 0 Å². The minimum Gasteiger partial charge on any atom is -0.393 e. The maximum absolute atomic E-state index is 11.9. The van der Waals surface area contributed by atoms with Gasteiger partial charge in [-0.15, -0.1) is 0 Å². The maximum atomic E-state index is 11.9. The summed E-state index contributed by atoms with van der Waals surface area (Å²) in [6, 6.07) is 3.72. The summed E-state index contributed by atoms with van der Waals surface area (Å²) in [4.78, 5) is 16.1. The molecule has 0 spiro atoms. The van der Waals surface area contributed by atoms with Gasteiger partial charge in [-0.2, -0.15) is 4.68 Å². The fraction of sp³-hybridized carbons (Fsp3) is 0.333. The summed E-state index contributed by atoms with van der Waals surface area (Å²) < 4.78 is 1.40. The number of anilines is 1. The molecule has 0 aromatic carbocycles. The molecule has 0 radical (unpaired) electrons. The second kappa shape index (κ2) is 4.45. The fourth-order valence-corrected chi connectivity index (χ4v) is 1.74. The topological polar surface area (TPSA) is 76.7 Å². The molecular weight excluding hydrogens is 216 g/mol. The van der Waals surface area contributed by atoms with Crippen LogP contribution >= 0.6 is 0 Å². The molecule has 0 bridgehead atoms. The van der Waals surface area contributed by atoms with Crippen molar-refractivity contribution in [2.45, 2.75) is 26.7 Å². The van der Waals surface area contributed by atoms with E-state index in [0.29, 0.717) is 5.82 Å². The van der Waals surface area contributed by atoms with E-state index in [9.17, 15) is 4.79 Å². The van der Waals surface area contributed by atoms with Crippen LogP contribution in [-0.2, 0) is 6.42 Å². The minimum atomic E-state index is -0.230. The molecule has 17 heavy (non-hydrogen) atoms. The van der Waals surface area contributed by atoms with Crippen LogP contribution in [0.15, 0.2) is 23.1 Å². The molecular formula is C12H16N4O. The van der Waals surface area contributed by atoms with E-state index in [4.69, 9.17) is 5.73 Å². The normalized spacial score (nSPS) is 10.7. The number of nitrogens with zero attached hydrogens (tertiary/aromatic N) is 2. The summed E-state index contributed by atoms with van der Waals surface area (Å²) >= 11 is 0. The van der Waals surface area contributed by atoms with Gasteiger partial charge in [-0.1, -0.05) is 13.3 Å². The second-order valence-corrected chi connectivity index (χ2v) is 4.09. The monoisotopic (exact) mass is 232 g/mol. The fourth-order valence-electron chi connectivity index (χ4n) is 1.74. The molecule has 0 aliphatic rings. The zero-order chi connectivity index (χ0) is 12.4. The van der Waals surface area contributed by atoms with Gasteiger partial charge in [-0.3, -0.25) is 9.89 Å². The van der Waals surface area contributed by atoms with E-state index < -0.39 is 0 Å². The van der Waals surface area contributed by atoms with Gasteiger partial charge in [0.25, 0.3) is 5.56 Å². The predicted octanol–water partition coefficient (Wildman–Crippen LogP) is 1.40. The Balaban J connectivity index is 2.53. The van der Waals surface area contributed by atoms with E-state index in [1.807, 2.05) is 26.0 Å². The molecule has 0 saturated heterocycles. The van der Waals surface area contributed by atoms with Crippen molar-refractivity contribution in [3.8, 4) is 5.82 Å². The first-order valence-electron chi connectivity index (χ1n) is 5.66. The predicted molar refractivity (Wildman–Crippen MR) is 67.3 cm³/mol. The molecule has 2 aromatic heterocycles. The molecule has 0 amide bonds. The summed E-state index contributed by atoms with van der Waals surface area (Å²) in [6.07, 6.45) is 3.37. The van der Waals surface area contributed by atoms with Crippen molar-refractivity contribution in [2.75, 3.05) is 5.73 Å². The van der Waals surface area contributed by atoms with Gasteiger partial charge in [0.2, 0.25) is 0 Å². The van der Waals surface area contributed by atoms with Crippen molar-refractivity contribution in [3.63, 3.8) is 0 Å². The highest BCUT2D eigenvalue weighted by Crippen LogP contribution is 2.10. The number of aromatic amines is 1. The highest BCUT2D eigenvalue weighted by atomic mass is 16.1. The van der Waals surface area contributed by atoms with Crippen LogP contribution in [0.25, 0.3) is 5.82 Å². The SMILES string of the molecule is CCCc1[nH]n(-c2cc(C)ccn2)c(=O)c1N. The highest BCUT2D eigenvalue weighted by molar-refractivity contribution is 5.43. The van der Waals surface area contributed by atoms with E-state index in [-0.39, 0.29) is 11.2 Å². The van der Waals surface area contributed by atoms with E-state index in [0.717, 1.165) is 24.1 Å². The summed E-state index contributed by atoms with van der Waals surface area (Å²) in [6.45, 7) is 4.00. The van der Waals surface area contributed by atoms with Gasteiger partial charge >= 0.3 is 0 Å². The Morgan fingerprint density at radius 2 is 2.29 bits per heavy atom. The Hall–Kier alpha value is -2.04. The Labute approximate surface area is 99.3 Å². The molecule has 0 aliphatic carbocycles. The van der Waals surface area contributed by atoms with Gasteiger partial charge in [0.1, 0.15) is 5.69 Å². The lowest BCUT2D eigenvalue weighted by atomic mass is 10.2. The van der Waals surface area contributed by atoms with Crippen molar-refractivity contribution in [1.82, 2.24) is 14.8 Å². The Kier molecular flexibility index (Phi) is 2.99. The third kappa shape index (κ3) is 2.08. The number of nitrogens with two attached hydrogens (primary N) is 1. The van der Waals surface area contributed by atoms with Crippen LogP contribution in [0.3, 0.4) is 0 Å². The molecule has 90 valence electrons. The molecule has 0 atom stereocenters. The lowest BCUT2D eigenvalue weighted by Crippen LogP contribution is -2.17. The van der Waals surface area contributed by atoms with Crippen molar-refractivity contribution < 1.29 is 0 Å². The average Bonchev–Trinajstić information content (AvgIpc) is 2.58. The molecule has 2 rings (SSSR count). The Bertz CT molecular complexity index is 582. The van der Waals surface area contributed by atoms with Crippen molar-refractivity contribution in [3.05, 3.63) is 39.9 Å². The second-order valence-electron chi connectivity index (χ2n) is 4.09. The zero-order valence-corrected chi connectivity index (χ0v) is 10.0. The van der Waals surface area contributed by atoms with E-state index in [1.54, 1.807) is 6.20 Å². The summed E-state index contributed by atoms with van der Waals surface area (Å²) in [5, 5.41) is 3.01. The Morgan fingerprint density at radius 1 is 1.53 bits per heavy atom. The number of H-pyrrole nitrogens is 1. The number of aromatic nitrogens is 3. The van der Waals surface area contributed by atoms with Gasteiger partial charge < -0.3 is 5.73 Å². The number of rotatable bonds is 3. The molecule has 2 heterocycles. The molecule has 0 aliphatic heterocycles. The summed E-state index contributed by atoms with van der Waals surface area (Å²) in [5.74, 6) is 0.573. The lowest BCUT2D eigenvalue weighted by molar-refractivity contribution is 0.775. The standard InChI is InChI=1S/C12H16N4O/c1-3-4-9-11(13)12(17)16(15-9)10-7-8(2)5-6-14-10/h5-7,15H,3-4,13H2,1-2H3. The number of nitrogens with one attached hydrogen (secondary N) is 1. The van der Waals surface area contributed by atoms with Crippen LogP contribution in [0.2, 0.25) is 0 Å². The number of hydrogen-bond acceptors (Lipinski definition) is 3. The van der Waals surface area contributed by atoms with Gasteiger partial charge in [-0.05, 0) is 31.0 Å². The maximum Gasteiger partial charge on any atom is 0.296 e. The van der Waals surface area contributed by atoms with Gasteiger partial charge in [0, 0.05) is 6.20 Å². The molecule has 2 aromatic rings. The smallest absolute Gasteiger partial charge is 0.296 e. The van der Waals surface area contributed by atoms with Gasteiger partial charge in [0.05, 0.1) is 5.69 Å². The van der Waals surface area contributed by atoms with Crippen molar-refractivity contribution in [2.24, 2.45) is 0 Å². The largest absolute Gasteiger partial charge is 0.393 e. The molecule has 0 unspecified atom stereocenters. The number of aryl methyl sites for hydroxylation is 2. The highest BCUT2D eigenvalue weighted by Gasteiger charge is 2.12. The number of pyridine rings is 1. The first kappa shape index (κ1) is 11.4. The lowest BCUT2D eigenvalue weighted by Gasteiger charge is -2.01. The van der Waals surface area contributed by atoms with Crippen LogP contribution < -0.4 is 11.3 Å². The third-order valence-corrected chi connectivity index (χ3v) is 2.64. The number of hydrogen-bond donors (Lipinski definition) is 2. The minimum absolute atomic E-state index is 0.230.